The van der Waals surface area contributed by atoms with Gasteiger partial charge in [-0.05, 0) is 12.8 Å². The average molecular weight is 403 g/mol. The summed E-state index contributed by atoms with van der Waals surface area (Å²) in [6.07, 6.45) is 0.467. The van der Waals surface area contributed by atoms with Crippen molar-refractivity contribution in [3.8, 4) is 0 Å². The summed E-state index contributed by atoms with van der Waals surface area (Å²) in [6.45, 7) is 0.612. The number of amides is 1. The number of hydrazine groups is 3. The highest BCUT2D eigenvalue weighted by Gasteiger charge is 2.55. The lowest BCUT2D eigenvalue weighted by molar-refractivity contribution is -0.154. The van der Waals surface area contributed by atoms with Crippen LogP contribution in [0.25, 0.3) is 0 Å². The van der Waals surface area contributed by atoms with Crippen LogP contribution in [0.2, 0.25) is 0 Å². The summed E-state index contributed by atoms with van der Waals surface area (Å²) in [5.74, 6) is -4.78. The van der Waals surface area contributed by atoms with Crippen LogP contribution in [0.5, 0.6) is 0 Å². The second-order valence-electron chi connectivity index (χ2n) is 7.18. The number of rotatable bonds is 8. The van der Waals surface area contributed by atoms with Gasteiger partial charge in [-0.2, -0.15) is 11.1 Å². The third-order valence-electron chi connectivity index (χ3n) is 5.08. The molecule has 1 heterocycles. The van der Waals surface area contributed by atoms with Crippen LogP contribution < -0.4 is 27.7 Å². The summed E-state index contributed by atoms with van der Waals surface area (Å²) in [5, 5.41) is 28.5. The van der Waals surface area contributed by atoms with Crippen molar-refractivity contribution in [1.82, 2.24) is 21.9 Å². The van der Waals surface area contributed by atoms with Crippen LogP contribution in [0.3, 0.4) is 0 Å². The van der Waals surface area contributed by atoms with Crippen LogP contribution in [0.4, 0.5) is 0 Å². The Labute approximate surface area is 162 Å². The van der Waals surface area contributed by atoms with Gasteiger partial charge in [0.15, 0.2) is 0 Å². The zero-order valence-corrected chi connectivity index (χ0v) is 15.6. The molecular formula is C16H29N5O7. The average Bonchev–Trinajstić information content (AvgIpc) is 2.52. The molecule has 0 aromatic carbocycles. The molecule has 12 nitrogen and oxygen atoms in total. The number of primary amides is 1. The topological polar surface area (TPSA) is 203 Å². The van der Waals surface area contributed by atoms with Gasteiger partial charge in [0.1, 0.15) is 0 Å². The second kappa shape index (κ2) is 10.9. The van der Waals surface area contributed by atoms with Gasteiger partial charge in [-0.3, -0.25) is 19.2 Å². The number of carbonyl (C=O) groups excluding carboxylic acids is 1. The number of carboxylic acid groups (broad SMARTS) is 3. The molecule has 0 saturated carbocycles. The molecule has 1 aliphatic rings. The van der Waals surface area contributed by atoms with Crippen LogP contribution in [0.1, 0.15) is 57.8 Å². The molecule has 1 aliphatic heterocycles. The van der Waals surface area contributed by atoms with Crippen molar-refractivity contribution in [2.75, 3.05) is 6.54 Å². The molecule has 1 saturated heterocycles. The van der Waals surface area contributed by atoms with Gasteiger partial charge >= 0.3 is 17.9 Å². The highest BCUT2D eigenvalue weighted by atomic mass is 16.4. The fourth-order valence-corrected chi connectivity index (χ4v) is 3.90. The molecule has 28 heavy (non-hydrogen) atoms. The Morgan fingerprint density at radius 1 is 0.786 bits per heavy atom. The van der Waals surface area contributed by atoms with Gasteiger partial charge in [-0.1, -0.05) is 19.3 Å². The van der Waals surface area contributed by atoms with E-state index in [0.29, 0.717) is 19.4 Å². The first-order valence-corrected chi connectivity index (χ1v) is 9.06. The van der Waals surface area contributed by atoms with E-state index < -0.39 is 60.5 Å². The number of hydrogen-bond acceptors (Lipinski definition) is 8. The number of nitrogens with two attached hydrogens (primary N) is 1. The maximum atomic E-state index is 11.8. The van der Waals surface area contributed by atoms with Crippen molar-refractivity contribution in [3.05, 3.63) is 0 Å². The van der Waals surface area contributed by atoms with Gasteiger partial charge in [0, 0.05) is 18.4 Å². The molecule has 1 unspecified atom stereocenters. The molecule has 1 rings (SSSR count). The van der Waals surface area contributed by atoms with E-state index in [0.717, 1.165) is 12.8 Å². The van der Waals surface area contributed by atoms with E-state index in [4.69, 9.17) is 5.73 Å². The van der Waals surface area contributed by atoms with Gasteiger partial charge in [-0.15, -0.1) is 0 Å². The molecule has 1 atom stereocenters. The number of carbonyl (C=O) groups is 4. The molecule has 1 amide bonds. The Morgan fingerprint density at radius 3 is 1.89 bits per heavy atom. The Bertz CT molecular complexity index is 502. The van der Waals surface area contributed by atoms with Gasteiger partial charge in [-0.25, -0.2) is 10.9 Å². The summed E-state index contributed by atoms with van der Waals surface area (Å²) in [4.78, 5) is 46.8. The smallest absolute Gasteiger partial charge is 0.305 e. The van der Waals surface area contributed by atoms with Gasteiger partial charge in [0.05, 0.1) is 24.8 Å². The van der Waals surface area contributed by atoms with Crippen molar-refractivity contribution < 1.29 is 34.5 Å². The Morgan fingerprint density at radius 2 is 1.36 bits per heavy atom. The molecule has 160 valence electrons. The third-order valence-corrected chi connectivity index (χ3v) is 5.08. The molecule has 0 bridgehead atoms. The number of carboxylic acids is 3. The van der Waals surface area contributed by atoms with E-state index >= 15 is 0 Å². The van der Waals surface area contributed by atoms with E-state index in [1.54, 1.807) is 0 Å². The largest absolute Gasteiger partial charge is 0.481 e. The summed E-state index contributed by atoms with van der Waals surface area (Å²) in [7, 11) is 0. The van der Waals surface area contributed by atoms with Crippen LogP contribution in [0.15, 0.2) is 0 Å². The molecule has 9 N–H and O–H groups in total. The quantitative estimate of drug-likeness (QED) is 0.249. The lowest BCUT2D eigenvalue weighted by Gasteiger charge is -2.49. The van der Waals surface area contributed by atoms with Crippen molar-refractivity contribution >= 4 is 23.8 Å². The number of aliphatic carboxylic acids is 3. The highest BCUT2D eigenvalue weighted by Crippen LogP contribution is 2.47. The van der Waals surface area contributed by atoms with E-state index in [-0.39, 0.29) is 6.42 Å². The molecule has 0 radical (unpaired) electrons. The fourth-order valence-electron chi connectivity index (χ4n) is 3.90. The Hall–Kier alpha value is -2.28. The lowest BCUT2D eigenvalue weighted by Crippen LogP contribution is -2.68. The minimum atomic E-state index is -1.80. The monoisotopic (exact) mass is 403 g/mol. The number of nitrogens with one attached hydrogen (secondary N) is 4. The van der Waals surface area contributed by atoms with E-state index in [9.17, 15) is 34.5 Å². The number of hydrogen-bond donors (Lipinski definition) is 8. The predicted octanol–water partition coefficient (Wildman–Crippen LogP) is -0.921. The zero-order chi connectivity index (χ0) is 21.2. The van der Waals surface area contributed by atoms with E-state index in [1.807, 2.05) is 0 Å². The van der Waals surface area contributed by atoms with Crippen LogP contribution in [-0.2, 0) is 19.2 Å². The van der Waals surface area contributed by atoms with Gasteiger partial charge in [0.2, 0.25) is 5.91 Å². The Balaban J connectivity index is 3.53. The summed E-state index contributed by atoms with van der Waals surface area (Å²) < 4.78 is 0. The van der Waals surface area contributed by atoms with Crippen LogP contribution in [-0.4, -0.2) is 51.2 Å². The standard InChI is InChI=1S/C16H29N5O7/c17-11(22)7-15(8-12(23)24)5-3-1-2-4-6-18-20-21-19-16(15,9-13(25)26)10-14(27)28/h18-21H,1-10H2,(H2,17,22)(H,23,24)(H,25,26)(H,27,28). The summed E-state index contributed by atoms with van der Waals surface area (Å²) in [6, 6.07) is 0. The van der Waals surface area contributed by atoms with Crippen molar-refractivity contribution in [2.45, 2.75) is 63.3 Å². The van der Waals surface area contributed by atoms with Crippen molar-refractivity contribution in [3.63, 3.8) is 0 Å². The first-order chi connectivity index (χ1) is 13.1. The van der Waals surface area contributed by atoms with Gasteiger partial charge < -0.3 is 21.1 Å². The zero-order valence-electron chi connectivity index (χ0n) is 15.6. The minimum absolute atomic E-state index is 0.130. The molecule has 0 spiro atoms. The van der Waals surface area contributed by atoms with Gasteiger partial charge in [0.25, 0.3) is 0 Å². The highest BCUT2D eigenvalue weighted by molar-refractivity contribution is 5.79. The van der Waals surface area contributed by atoms with Crippen molar-refractivity contribution in [1.29, 1.82) is 0 Å². The predicted molar refractivity (Wildman–Crippen MR) is 96.2 cm³/mol. The fraction of sp³-hybridized carbons (Fsp3) is 0.750. The Kier molecular flexibility index (Phi) is 9.25. The maximum absolute atomic E-state index is 11.8. The van der Waals surface area contributed by atoms with Crippen LogP contribution >= 0.6 is 0 Å². The summed E-state index contributed by atoms with van der Waals surface area (Å²) >= 11 is 0. The normalized spacial score (nSPS) is 23.7. The molecule has 0 aromatic heterocycles. The first kappa shape index (κ1) is 23.8. The van der Waals surface area contributed by atoms with E-state index in [2.05, 4.69) is 21.9 Å². The maximum Gasteiger partial charge on any atom is 0.305 e. The summed E-state index contributed by atoms with van der Waals surface area (Å²) in [5.41, 5.74) is 12.6. The van der Waals surface area contributed by atoms with E-state index in [1.165, 1.54) is 0 Å². The molecule has 0 aliphatic carbocycles. The van der Waals surface area contributed by atoms with Crippen molar-refractivity contribution in [2.24, 2.45) is 11.1 Å². The third kappa shape index (κ3) is 7.03. The molecule has 0 aromatic rings. The molecule has 1 fully saturated rings. The second-order valence-corrected chi connectivity index (χ2v) is 7.18. The lowest BCUT2D eigenvalue weighted by atomic mass is 9.59. The van der Waals surface area contributed by atoms with Crippen LogP contribution in [0, 0.1) is 5.41 Å². The molecular weight excluding hydrogens is 374 g/mol. The first-order valence-electron chi connectivity index (χ1n) is 9.06. The minimum Gasteiger partial charge on any atom is -0.481 e. The SMILES string of the molecule is NC(=O)CC1(CC(=O)O)CCCCCCNNNNC1(CC(=O)O)CC(=O)O. The molecule has 12 heteroatoms.